The maximum absolute atomic E-state index is 13.9. The van der Waals surface area contributed by atoms with Crippen molar-refractivity contribution in [1.29, 1.82) is 0 Å². The maximum atomic E-state index is 13.9. The molecule has 0 aliphatic carbocycles. The highest BCUT2D eigenvalue weighted by atomic mass is 32.2. The van der Waals surface area contributed by atoms with Crippen LogP contribution in [0.1, 0.15) is 21.5 Å². The van der Waals surface area contributed by atoms with E-state index in [0.717, 1.165) is 6.07 Å². The van der Waals surface area contributed by atoms with Gasteiger partial charge in [0.05, 0.1) is 16.9 Å². The molecule has 1 amide bonds. The molecule has 0 atom stereocenters. The average molecular weight is 488 g/mol. The summed E-state index contributed by atoms with van der Waals surface area (Å²) in [6.45, 7) is 1.67. The number of carbonyl (C=O) groups excluding carboxylic acids is 1. The minimum atomic E-state index is -4.08. The van der Waals surface area contributed by atoms with Gasteiger partial charge in [0, 0.05) is 36.5 Å². The monoisotopic (exact) mass is 487 g/mol. The Bertz CT molecular complexity index is 1340. The van der Waals surface area contributed by atoms with Gasteiger partial charge in [-0.2, -0.15) is 0 Å². The second-order valence-electron chi connectivity index (χ2n) is 7.52. The third kappa shape index (κ3) is 5.49. The fraction of sp³-hybridized carbons (Fsp3) is 0.174. The Hall–Kier alpha value is -3.99. The van der Waals surface area contributed by atoms with Crippen molar-refractivity contribution in [3.63, 3.8) is 0 Å². The molecule has 0 saturated heterocycles. The third-order valence-corrected chi connectivity index (χ3v) is 6.43. The number of carbonyl (C=O) groups is 1. The van der Waals surface area contributed by atoms with E-state index in [4.69, 9.17) is 4.74 Å². The Morgan fingerprint density at radius 2 is 1.79 bits per heavy atom. The van der Waals surface area contributed by atoms with Crippen molar-refractivity contribution in [2.24, 2.45) is 0 Å². The Labute approximate surface area is 196 Å². The fourth-order valence-electron chi connectivity index (χ4n) is 3.22. The lowest BCUT2D eigenvalue weighted by Crippen LogP contribution is -2.26. The lowest BCUT2D eigenvalue weighted by molar-refractivity contribution is -0.385. The average Bonchev–Trinajstić information content (AvgIpc) is 2.79. The predicted molar refractivity (Wildman–Crippen MR) is 124 cm³/mol. The number of halogens is 1. The molecule has 178 valence electrons. The van der Waals surface area contributed by atoms with Crippen LogP contribution in [0.2, 0.25) is 0 Å². The molecular weight excluding hydrogens is 465 g/mol. The van der Waals surface area contributed by atoms with Gasteiger partial charge in [-0.3, -0.25) is 19.6 Å². The number of methoxy groups -OCH3 is 1. The number of benzene rings is 3. The van der Waals surface area contributed by atoms with Gasteiger partial charge in [-0.1, -0.05) is 12.1 Å². The number of nitro groups is 1. The van der Waals surface area contributed by atoms with E-state index in [-0.39, 0.29) is 34.5 Å². The van der Waals surface area contributed by atoms with Crippen LogP contribution in [-0.2, 0) is 16.6 Å². The molecule has 3 aromatic rings. The van der Waals surface area contributed by atoms with Gasteiger partial charge in [-0.15, -0.1) is 0 Å². The summed E-state index contributed by atoms with van der Waals surface area (Å²) in [6, 6.07) is 13.8. The molecule has 3 rings (SSSR count). The number of amides is 1. The fourth-order valence-corrected chi connectivity index (χ4v) is 4.30. The summed E-state index contributed by atoms with van der Waals surface area (Å²) in [7, 11) is -1.16. The zero-order valence-electron chi connectivity index (χ0n) is 18.6. The van der Waals surface area contributed by atoms with Crippen molar-refractivity contribution in [1.82, 2.24) is 4.90 Å². The van der Waals surface area contributed by atoms with E-state index >= 15 is 0 Å². The van der Waals surface area contributed by atoms with Crippen LogP contribution in [0.3, 0.4) is 0 Å². The Kier molecular flexibility index (Phi) is 7.16. The van der Waals surface area contributed by atoms with Gasteiger partial charge in [0.15, 0.2) is 11.6 Å². The number of sulfonamides is 1. The molecule has 0 aliphatic heterocycles. The summed E-state index contributed by atoms with van der Waals surface area (Å²) in [5.41, 5.74) is 1.09. The molecule has 0 fully saturated rings. The van der Waals surface area contributed by atoms with Crippen molar-refractivity contribution < 1.29 is 27.3 Å². The molecule has 34 heavy (non-hydrogen) atoms. The van der Waals surface area contributed by atoms with E-state index in [1.54, 1.807) is 13.1 Å². The van der Waals surface area contributed by atoms with Crippen LogP contribution in [0.5, 0.6) is 5.75 Å². The predicted octanol–water partition coefficient (Wildman–Crippen LogP) is 4.12. The van der Waals surface area contributed by atoms with Crippen LogP contribution in [0.4, 0.5) is 15.8 Å². The largest absolute Gasteiger partial charge is 0.494 e. The molecule has 9 nitrogen and oxygen atoms in total. The molecule has 0 aliphatic rings. The quantitative estimate of drug-likeness (QED) is 0.377. The second-order valence-corrected chi connectivity index (χ2v) is 9.20. The summed E-state index contributed by atoms with van der Waals surface area (Å²) in [5.74, 6) is -0.771. The summed E-state index contributed by atoms with van der Waals surface area (Å²) in [6.07, 6.45) is 0. The number of nitrogens with zero attached hydrogens (tertiary/aromatic N) is 2. The first-order valence-corrected chi connectivity index (χ1v) is 11.5. The van der Waals surface area contributed by atoms with Crippen LogP contribution in [0.15, 0.2) is 65.6 Å². The zero-order valence-corrected chi connectivity index (χ0v) is 19.4. The van der Waals surface area contributed by atoms with Crippen molar-refractivity contribution in [2.75, 3.05) is 18.9 Å². The first-order valence-electron chi connectivity index (χ1n) is 9.97. The maximum Gasteiger partial charge on any atom is 0.273 e. The minimum absolute atomic E-state index is 0.107. The van der Waals surface area contributed by atoms with Gasteiger partial charge in [0.2, 0.25) is 0 Å². The van der Waals surface area contributed by atoms with E-state index in [0.29, 0.717) is 16.7 Å². The summed E-state index contributed by atoms with van der Waals surface area (Å²) < 4.78 is 46.4. The van der Waals surface area contributed by atoms with E-state index in [1.165, 1.54) is 67.5 Å². The van der Waals surface area contributed by atoms with Gasteiger partial charge < -0.3 is 9.64 Å². The second kappa shape index (κ2) is 9.87. The van der Waals surface area contributed by atoms with Crippen LogP contribution in [-0.4, -0.2) is 38.3 Å². The number of hydrogen-bond acceptors (Lipinski definition) is 6. The van der Waals surface area contributed by atoms with Crippen LogP contribution >= 0.6 is 0 Å². The third-order valence-electron chi connectivity index (χ3n) is 5.05. The summed E-state index contributed by atoms with van der Waals surface area (Å²) >= 11 is 0. The van der Waals surface area contributed by atoms with Crippen molar-refractivity contribution in [3.8, 4) is 5.75 Å². The van der Waals surface area contributed by atoms with Gasteiger partial charge >= 0.3 is 0 Å². The first-order chi connectivity index (χ1) is 16.0. The van der Waals surface area contributed by atoms with Crippen molar-refractivity contribution in [3.05, 3.63) is 93.3 Å². The minimum Gasteiger partial charge on any atom is -0.494 e. The summed E-state index contributed by atoms with van der Waals surface area (Å²) in [4.78, 5) is 24.3. The Balaban J connectivity index is 1.72. The van der Waals surface area contributed by atoms with E-state index in [9.17, 15) is 27.7 Å². The highest BCUT2D eigenvalue weighted by molar-refractivity contribution is 7.92. The number of nitrogens with one attached hydrogen (secondary N) is 1. The molecule has 0 spiro atoms. The normalized spacial score (nSPS) is 11.1. The number of rotatable bonds is 8. The van der Waals surface area contributed by atoms with Crippen LogP contribution < -0.4 is 9.46 Å². The number of hydrogen-bond donors (Lipinski definition) is 1. The molecule has 0 aromatic heterocycles. The SMILES string of the molecule is COc1ccc(CN(C)C(=O)c2ccc(NS(=O)(=O)c3ccc(C)c([N+](=O)[O-])c3)cc2)cc1F. The van der Waals surface area contributed by atoms with Gasteiger partial charge in [-0.25, -0.2) is 12.8 Å². The molecule has 1 N–H and O–H groups in total. The van der Waals surface area contributed by atoms with Crippen LogP contribution in [0, 0.1) is 22.9 Å². The van der Waals surface area contributed by atoms with E-state index in [1.807, 2.05) is 0 Å². The number of nitro benzene ring substituents is 1. The van der Waals surface area contributed by atoms with Gasteiger partial charge in [0.25, 0.3) is 21.6 Å². The zero-order chi connectivity index (χ0) is 25.0. The molecular formula is C23H22FN3O6S. The van der Waals surface area contributed by atoms with Crippen molar-refractivity contribution in [2.45, 2.75) is 18.4 Å². The lowest BCUT2D eigenvalue weighted by atomic mass is 10.1. The van der Waals surface area contributed by atoms with Crippen LogP contribution in [0.25, 0.3) is 0 Å². The molecule has 0 heterocycles. The highest BCUT2D eigenvalue weighted by Gasteiger charge is 2.20. The molecule has 0 unspecified atom stereocenters. The molecule has 0 saturated carbocycles. The Morgan fingerprint density at radius 3 is 2.38 bits per heavy atom. The lowest BCUT2D eigenvalue weighted by Gasteiger charge is -2.18. The standard InChI is InChI=1S/C23H22FN3O6S/c1-15-4-10-19(13-21(15)27(29)30)34(31,32)25-18-8-6-17(7-9-18)23(28)26(2)14-16-5-11-22(33-3)20(24)12-16/h4-13,25H,14H2,1-3H3. The highest BCUT2D eigenvalue weighted by Crippen LogP contribution is 2.24. The van der Waals surface area contributed by atoms with Crippen molar-refractivity contribution >= 4 is 27.3 Å². The number of anilines is 1. The smallest absolute Gasteiger partial charge is 0.273 e. The van der Waals surface area contributed by atoms with E-state index in [2.05, 4.69) is 4.72 Å². The molecule has 3 aromatic carbocycles. The molecule has 11 heteroatoms. The van der Waals surface area contributed by atoms with E-state index < -0.39 is 20.8 Å². The topological polar surface area (TPSA) is 119 Å². The molecule has 0 radical (unpaired) electrons. The number of ether oxygens (including phenoxy) is 1. The number of aryl methyl sites for hydroxylation is 1. The summed E-state index contributed by atoms with van der Waals surface area (Å²) in [5, 5.41) is 11.1. The Morgan fingerprint density at radius 1 is 1.12 bits per heavy atom. The van der Waals surface area contributed by atoms with Gasteiger partial charge in [-0.05, 0) is 55.0 Å². The first kappa shape index (κ1) is 24.6. The molecule has 0 bridgehead atoms. The van der Waals surface area contributed by atoms with Gasteiger partial charge in [0.1, 0.15) is 0 Å².